The Morgan fingerprint density at radius 1 is 0.914 bits per heavy atom. The highest BCUT2D eigenvalue weighted by molar-refractivity contribution is 6.05. The third kappa shape index (κ3) is 4.22. The van der Waals surface area contributed by atoms with Crippen molar-refractivity contribution in [2.45, 2.75) is 69.2 Å². The Morgan fingerprint density at radius 3 is 2.51 bits per heavy atom. The molecule has 1 aliphatic carbocycles. The predicted octanol–water partition coefficient (Wildman–Crippen LogP) is 3.24. The lowest BCUT2D eigenvalue weighted by atomic mass is 9.84. The summed E-state index contributed by atoms with van der Waals surface area (Å²) in [6.07, 6.45) is 5.36. The molecule has 2 aromatic rings. The quantitative estimate of drug-likeness (QED) is 0.675. The summed E-state index contributed by atoms with van der Waals surface area (Å²) in [6, 6.07) is 16.2. The zero-order chi connectivity index (χ0) is 23.9. The van der Waals surface area contributed by atoms with E-state index in [0.29, 0.717) is 30.5 Å². The summed E-state index contributed by atoms with van der Waals surface area (Å²) in [7, 11) is 0. The number of likely N-dealkylation sites (tertiary alicyclic amines) is 1. The number of carbonyl (C=O) groups excluding carboxylic acids is 3. The predicted molar refractivity (Wildman–Crippen MR) is 130 cm³/mol. The summed E-state index contributed by atoms with van der Waals surface area (Å²) in [4.78, 5) is 40.9. The van der Waals surface area contributed by atoms with Crippen LogP contribution in [0, 0.1) is 0 Å². The molecule has 3 heterocycles. The molecule has 1 saturated carbocycles. The van der Waals surface area contributed by atoms with Crippen molar-refractivity contribution in [1.29, 1.82) is 0 Å². The van der Waals surface area contributed by atoms with Crippen LogP contribution in [0.1, 0.15) is 65.9 Å². The minimum atomic E-state index is -0.594. The Kier molecular flexibility index (Phi) is 5.80. The summed E-state index contributed by atoms with van der Waals surface area (Å²) >= 11 is 0. The van der Waals surface area contributed by atoms with Crippen LogP contribution in [0.25, 0.3) is 0 Å². The fraction of sp³-hybridized carbons (Fsp3) is 0.464. The lowest BCUT2D eigenvalue weighted by molar-refractivity contribution is -0.136. The number of imide groups is 1. The van der Waals surface area contributed by atoms with Crippen molar-refractivity contribution in [3.8, 4) is 5.75 Å². The van der Waals surface area contributed by atoms with Gasteiger partial charge in [-0.05, 0) is 55.0 Å². The molecule has 3 aliphatic heterocycles. The van der Waals surface area contributed by atoms with Gasteiger partial charge in [-0.1, -0.05) is 36.8 Å². The molecule has 0 bridgehead atoms. The van der Waals surface area contributed by atoms with E-state index >= 15 is 0 Å². The first kappa shape index (κ1) is 22.3. The number of piperidine rings is 1. The molecule has 7 nitrogen and oxygen atoms in total. The molecule has 6 rings (SSSR count). The van der Waals surface area contributed by atoms with Crippen molar-refractivity contribution in [3.05, 3.63) is 65.2 Å². The van der Waals surface area contributed by atoms with Crippen LogP contribution >= 0.6 is 0 Å². The minimum absolute atomic E-state index is 0.141. The molecule has 2 saturated heterocycles. The van der Waals surface area contributed by atoms with Gasteiger partial charge in [-0.3, -0.25) is 24.6 Å². The van der Waals surface area contributed by atoms with Crippen LogP contribution in [-0.4, -0.2) is 58.8 Å². The van der Waals surface area contributed by atoms with E-state index in [2.05, 4.69) is 40.5 Å². The number of fused-ring (bicyclic) bond motifs is 1. The van der Waals surface area contributed by atoms with Gasteiger partial charge in [0, 0.05) is 43.6 Å². The lowest BCUT2D eigenvalue weighted by Gasteiger charge is -2.48. The molecule has 2 aromatic carbocycles. The van der Waals surface area contributed by atoms with Crippen molar-refractivity contribution in [2.24, 2.45) is 0 Å². The molecule has 3 amide bonds. The first-order chi connectivity index (χ1) is 17.1. The molecule has 1 unspecified atom stereocenters. The number of nitrogens with zero attached hydrogens (tertiary/aromatic N) is 2. The largest absolute Gasteiger partial charge is 0.489 e. The highest BCUT2D eigenvalue weighted by Crippen LogP contribution is 2.36. The topological polar surface area (TPSA) is 79.0 Å². The number of ether oxygens (including phenoxy) is 1. The van der Waals surface area contributed by atoms with Gasteiger partial charge in [0.15, 0.2) is 0 Å². The molecule has 1 N–H and O–H groups in total. The van der Waals surface area contributed by atoms with Gasteiger partial charge in [-0.25, -0.2) is 0 Å². The normalized spacial score (nSPS) is 27.4. The Hall–Kier alpha value is -3.19. The Morgan fingerprint density at radius 2 is 1.71 bits per heavy atom. The molecule has 3 atom stereocenters. The Balaban J connectivity index is 1.12. The Bertz CT molecular complexity index is 1140. The number of hydrogen-bond donors (Lipinski definition) is 1. The van der Waals surface area contributed by atoms with Gasteiger partial charge in [-0.15, -0.1) is 0 Å². The molecule has 7 heteroatoms. The van der Waals surface area contributed by atoms with Crippen LogP contribution in [0.3, 0.4) is 0 Å². The second-order valence-corrected chi connectivity index (χ2v) is 10.3. The fourth-order valence-electron chi connectivity index (χ4n) is 6.15. The number of benzene rings is 2. The minimum Gasteiger partial charge on any atom is -0.489 e. The van der Waals surface area contributed by atoms with E-state index in [-0.39, 0.29) is 30.2 Å². The summed E-state index contributed by atoms with van der Waals surface area (Å²) < 4.78 is 6.55. The number of amides is 3. The molecule has 4 aliphatic rings. The average molecular weight is 474 g/mol. The molecule has 3 fully saturated rings. The summed E-state index contributed by atoms with van der Waals surface area (Å²) in [5.41, 5.74) is 2.93. The molecule has 182 valence electrons. The number of nitrogens with one attached hydrogen (secondary N) is 1. The summed E-state index contributed by atoms with van der Waals surface area (Å²) in [5.74, 6) is 0.587. The van der Waals surface area contributed by atoms with Crippen LogP contribution in [-0.2, 0) is 16.1 Å². The van der Waals surface area contributed by atoms with E-state index in [9.17, 15) is 14.4 Å². The second kappa shape index (κ2) is 9.11. The van der Waals surface area contributed by atoms with Crippen molar-refractivity contribution >= 4 is 17.7 Å². The van der Waals surface area contributed by atoms with Gasteiger partial charge in [0.1, 0.15) is 17.9 Å². The third-order valence-electron chi connectivity index (χ3n) is 8.10. The van der Waals surface area contributed by atoms with Crippen molar-refractivity contribution in [2.75, 3.05) is 13.1 Å². The molecule has 35 heavy (non-hydrogen) atoms. The van der Waals surface area contributed by atoms with Gasteiger partial charge in [0.25, 0.3) is 5.91 Å². The monoisotopic (exact) mass is 473 g/mol. The van der Waals surface area contributed by atoms with Gasteiger partial charge in [0.2, 0.25) is 11.8 Å². The fourth-order valence-corrected chi connectivity index (χ4v) is 6.15. The van der Waals surface area contributed by atoms with Gasteiger partial charge in [0.05, 0.1) is 0 Å². The number of hydrogen-bond acceptors (Lipinski definition) is 5. The zero-order valence-corrected chi connectivity index (χ0v) is 19.8. The summed E-state index contributed by atoms with van der Waals surface area (Å²) in [5, 5.41) is 2.36. The maximum absolute atomic E-state index is 13.0. The highest BCUT2D eigenvalue weighted by atomic mass is 16.5. The maximum Gasteiger partial charge on any atom is 0.255 e. The standard InChI is InChI=1S/C28H31N3O4/c32-26-13-12-24(27(33)29-26)31-17-19-14-21(10-11-22(19)28(31)34)35-25-9-5-4-8-23(25)30-15-20(16-30)18-6-2-1-3-7-18/h1-3,6-7,10-11,14,20,23-25H,4-5,8-9,12-13,15-17H2,(H,29,32,33)/t23-,24?,25+/m1/s1. The molecular weight excluding hydrogens is 442 g/mol. The first-order valence-corrected chi connectivity index (χ1v) is 12.8. The zero-order valence-electron chi connectivity index (χ0n) is 19.8. The third-order valence-corrected chi connectivity index (χ3v) is 8.10. The van der Waals surface area contributed by atoms with Crippen molar-refractivity contribution in [3.63, 3.8) is 0 Å². The number of rotatable bonds is 5. The van der Waals surface area contributed by atoms with Crippen molar-refractivity contribution in [1.82, 2.24) is 15.1 Å². The van der Waals surface area contributed by atoms with Crippen LogP contribution in [0.15, 0.2) is 48.5 Å². The van der Waals surface area contributed by atoms with Crippen LogP contribution in [0.2, 0.25) is 0 Å². The van der Waals surface area contributed by atoms with E-state index < -0.39 is 6.04 Å². The van der Waals surface area contributed by atoms with E-state index in [0.717, 1.165) is 37.2 Å². The van der Waals surface area contributed by atoms with E-state index in [4.69, 9.17) is 4.74 Å². The van der Waals surface area contributed by atoms with E-state index in [1.165, 1.54) is 18.4 Å². The SMILES string of the molecule is O=C1CCC(N2Cc3cc(O[C@H]4CCCC[C@H]4N4CC(c5ccccc5)C4)ccc3C2=O)C(=O)N1. The van der Waals surface area contributed by atoms with Gasteiger partial charge < -0.3 is 9.64 Å². The van der Waals surface area contributed by atoms with Crippen LogP contribution in [0.5, 0.6) is 5.75 Å². The smallest absolute Gasteiger partial charge is 0.255 e. The molecule has 0 radical (unpaired) electrons. The van der Waals surface area contributed by atoms with Gasteiger partial charge >= 0.3 is 0 Å². The maximum atomic E-state index is 13.0. The average Bonchev–Trinajstić information content (AvgIpc) is 3.15. The van der Waals surface area contributed by atoms with Crippen LogP contribution in [0.4, 0.5) is 0 Å². The molecule has 0 aromatic heterocycles. The van der Waals surface area contributed by atoms with Crippen LogP contribution < -0.4 is 10.1 Å². The highest BCUT2D eigenvalue weighted by Gasteiger charge is 2.41. The van der Waals surface area contributed by atoms with Crippen molar-refractivity contribution < 1.29 is 19.1 Å². The lowest BCUT2D eigenvalue weighted by Crippen LogP contribution is -2.57. The van der Waals surface area contributed by atoms with E-state index in [1.54, 1.807) is 4.90 Å². The van der Waals surface area contributed by atoms with Gasteiger partial charge in [-0.2, -0.15) is 0 Å². The Labute approximate surface area is 205 Å². The summed E-state index contributed by atoms with van der Waals surface area (Å²) in [6.45, 7) is 2.53. The molecule has 0 spiro atoms. The second-order valence-electron chi connectivity index (χ2n) is 10.3. The van der Waals surface area contributed by atoms with E-state index in [1.807, 2.05) is 18.2 Å². The first-order valence-electron chi connectivity index (χ1n) is 12.8. The number of carbonyl (C=O) groups is 3. The molecular formula is C28H31N3O4.